The van der Waals surface area contributed by atoms with Crippen LogP contribution >= 0.6 is 11.6 Å². The van der Waals surface area contributed by atoms with Crippen LogP contribution in [0.4, 0.5) is 5.69 Å². The van der Waals surface area contributed by atoms with Gasteiger partial charge in [-0.3, -0.25) is 4.79 Å². The molecule has 17 heavy (non-hydrogen) atoms. The third-order valence-corrected chi connectivity index (χ3v) is 2.45. The summed E-state index contributed by atoms with van der Waals surface area (Å²) in [5.74, 6) is 0.633. The number of benzene rings is 1. The number of rotatable bonds is 3. The van der Waals surface area contributed by atoms with E-state index in [0.29, 0.717) is 22.9 Å². The number of hydrogen-bond acceptors (Lipinski definition) is 2. The van der Waals surface area contributed by atoms with Crippen LogP contribution in [0, 0.1) is 5.41 Å². The van der Waals surface area contributed by atoms with E-state index < -0.39 is 0 Å². The average Bonchev–Trinajstić information content (AvgIpc) is 2.18. The second kappa shape index (κ2) is 5.41. The van der Waals surface area contributed by atoms with Crippen LogP contribution < -0.4 is 10.1 Å². The fraction of sp³-hybridized carbons (Fsp3) is 0.462. The van der Waals surface area contributed by atoms with Crippen molar-refractivity contribution in [3.8, 4) is 5.75 Å². The van der Waals surface area contributed by atoms with Crippen LogP contribution in [0.2, 0.25) is 5.02 Å². The summed E-state index contributed by atoms with van der Waals surface area (Å²) in [7, 11) is 1.57. The van der Waals surface area contributed by atoms with E-state index >= 15 is 0 Å². The topological polar surface area (TPSA) is 38.3 Å². The molecule has 1 N–H and O–H groups in total. The maximum Gasteiger partial charge on any atom is 0.224 e. The Balaban J connectivity index is 2.72. The number of nitrogens with one attached hydrogen (secondary N) is 1. The second-order valence-corrected chi connectivity index (χ2v) is 5.54. The molecule has 1 amide bonds. The Labute approximate surface area is 107 Å². The molecule has 0 bridgehead atoms. The minimum atomic E-state index is -0.0387. The number of halogens is 1. The number of amides is 1. The number of methoxy groups -OCH3 is 1. The van der Waals surface area contributed by atoms with Crippen LogP contribution in [0.15, 0.2) is 18.2 Å². The summed E-state index contributed by atoms with van der Waals surface area (Å²) >= 11 is 6.03. The van der Waals surface area contributed by atoms with Crippen molar-refractivity contribution in [3.63, 3.8) is 0 Å². The third kappa shape index (κ3) is 4.65. The van der Waals surface area contributed by atoms with Gasteiger partial charge in [0, 0.05) is 12.5 Å². The standard InChI is InChI=1S/C13H18ClNO2/c1-13(2,3)8-12(16)15-11-6-5-9(17-4)7-10(11)14/h5-7H,8H2,1-4H3,(H,15,16). The van der Waals surface area contributed by atoms with Gasteiger partial charge in [-0.1, -0.05) is 32.4 Å². The summed E-state index contributed by atoms with van der Waals surface area (Å²) in [6.07, 6.45) is 0.454. The van der Waals surface area contributed by atoms with Crippen LogP contribution in [0.1, 0.15) is 27.2 Å². The molecule has 0 saturated carbocycles. The number of hydrogen-bond donors (Lipinski definition) is 1. The Bertz CT molecular complexity index is 410. The van der Waals surface area contributed by atoms with Gasteiger partial charge in [-0.15, -0.1) is 0 Å². The molecular formula is C13H18ClNO2. The molecule has 0 radical (unpaired) electrons. The van der Waals surface area contributed by atoms with Gasteiger partial charge >= 0.3 is 0 Å². The van der Waals surface area contributed by atoms with E-state index in [4.69, 9.17) is 16.3 Å². The van der Waals surface area contributed by atoms with Crippen molar-refractivity contribution in [2.24, 2.45) is 5.41 Å². The van der Waals surface area contributed by atoms with E-state index in [2.05, 4.69) is 5.32 Å². The first-order chi connectivity index (χ1) is 7.81. The highest BCUT2D eigenvalue weighted by molar-refractivity contribution is 6.33. The fourth-order valence-corrected chi connectivity index (χ4v) is 1.62. The molecule has 0 aliphatic carbocycles. The van der Waals surface area contributed by atoms with Gasteiger partial charge < -0.3 is 10.1 Å². The van der Waals surface area contributed by atoms with Crippen molar-refractivity contribution in [1.82, 2.24) is 0 Å². The normalized spacial score (nSPS) is 11.1. The smallest absolute Gasteiger partial charge is 0.224 e. The van der Waals surface area contributed by atoms with Gasteiger partial charge in [0.15, 0.2) is 0 Å². The Hall–Kier alpha value is -1.22. The first kappa shape index (κ1) is 13.8. The Morgan fingerprint density at radius 2 is 2.06 bits per heavy atom. The van der Waals surface area contributed by atoms with Gasteiger partial charge in [-0.2, -0.15) is 0 Å². The summed E-state index contributed by atoms with van der Waals surface area (Å²) in [4.78, 5) is 11.7. The zero-order chi connectivity index (χ0) is 13.1. The fourth-order valence-electron chi connectivity index (χ4n) is 1.40. The van der Waals surface area contributed by atoms with E-state index in [1.807, 2.05) is 20.8 Å². The summed E-state index contributed by atoms with van der Waals surface area (Å²) in [6.45, 7) is 6.05. The number of carbonyl (C=O) groups excluding carboxylic acids is 1. The van der Waals surface area contributed by atoms with Gasteiger partial charge in [0.2, 0.25) is 5.91 Å². The van der Waals surface area contributed by atoms with Gasteiger partial charge in [0.25, 0.3) is 0 Å². The molecule has 94 valence electrons. The Morgan fingerprint density at radius 1 is 1.41 bits per heavy atom. The first-order valence-corrected chi connectivity index (χ1v) is 5.83. The zero-order valence-electron chi connectivity index (χ0n) is 10.6. The van der Waals surface area contributed by atoms with Gasteiger partial charge in [-0.25, -0.2) is 0 Å². The van der Waals surface area contributed by atoms with Crippen molar-refractivity contribution in [1.29, 1.82) is 0 Å². The van der Waals surface area contributed by atoms with Crippen molar-refractivity contribution in [2.45, 2.75) is 27.2 Å². The quantitative estimate of drug-likeness (QED) is 0.894. The third-order valence-electron chi connectivity index (χ3n) is 2.14. The second-order valence-electron chi connectivity index (χ2n) is 5.13. The molecule has 3 nitrogen and oxygen atoms in total. The summed E-state index contributed by atoms with van der Waals surface area (Å²) in [5.41, 5.74) is 0.574. The molecule has 0 spiro atoms. The molecule has 1 aromatic carbocycles. The molecule has 1 rings (SSSR count). The molecule has 0 unspecified atom stereocenters. The molecule has 1 aromatic rings. The monoisotopic (exact) mass is 255 g/mol. The predicted molar refractivity (Wildman–Crippen MR) is 70.7 cm³/mol. The lowest BCUT2D eigenvalue weighted by Gasteiger charge is -2.17. The molecule has 0 aromatic heterocycles. The van der Waals surface area contributed by atoms with E-state index in [-0.39, 0.29) is 11.3 Å². The molecule has 0 aliphatic heterocycles. The highest BCUT2D eigenvalue weighted by Gasteiger charge is 2.16. The van der Waals surface area contributed by atoms with Gasteiger partial charge in [-0.05, 0) is 17.5 Å². The van der Waals surface area contributed by atoms with Gasteiger partial charge in [0.05, 0.1) is 17.8 Å². The van der Waals surface area contributed by atoms with Crippen LogP contribution in [0.3, 0.4) is 0 Å². The molecule has 4 heteroatoms. The molecule has 0 saturated heterocycles. The number of carbonyl (C=O) groups is 1. The van der Waals surface area contributed by atoms with Crippen LogP contribution in [-0.2, 0) is 4.79 Å². The maximum atomic E-state index is 11.7. The molecular weight excluding hydrogens is 238 g/mol. The lowest BCUT2D eigenvalue weighted by Crippen LogP contribution is -2.19. The predicted octanol–water partition coefficient (Wildman–Crippen LogP) is 3.72. The first-order valence-electron chi connectivity index (χ1n) is 5.45. The molecule has 0 aliphatic rings. The van der Waals surface area contributed by atoms with Crippen molar-refractivity contribution in [3.05, 3.63) is 23.2 Å². The van der Waals surface area contributed by atoms with Gasteiger partial charge in [0.1, 0.15) is 5.75 Å². The van der Waals surface area contributed by atoms with Crippen molar-refractivity contribution in [2.75, 3.05) is 12.4 Å². The van der Waals surface area contributed by atoms with Crippen molar-refractivity contribution < 1.29 is 9.53 Å². The van der Waals surface area contributed by atoms with Crippen molar-refractivity contribution >= 4 is 23.2 Å². The SMILES string of the molecule is COc1ccc(NC(=O)CC(C)(C)C)c(Cl)c1. The van der Waals surface area contributed by atoms with E-state index in [1.54, 1.807) is 25.3 Å². The summed E-state index contributed by atoms with van der Waals surface area (Å²) < 4.78 is 5.04. The lowest BCUT2D eigenvalue weighted by atomic mass is 9.92. The molecule has 0 fully saturated rings. The highest BCUT2D eigenvalue weighted by atomic mass is 35.5. The Morgan fingerprint density at radius 3 is 2.53 bits per heavy atom. The number of ether oxygens (including phenoxy) is 1. The lowest BCUT2D eigenvalue weighted by molar-refractivity contribution is -0.117. The molecule has 0 atom stereocenters. The van der Waals surface area contributed by atoms with Crippen LogP contribution in [-0.4, -0.2) is 13.0 Å². The Kier molecular flexibility index (Phi) is 4.40. The summed E-state index contributed by atoms with van der Waals surface area (Å²) in [5, 5.41) is 3.27. The van der Waals surface area contributed by atoms with E-state index in [1.165, 1.54) is 0 Å². The zero-order valence-corrected chi connectivity index (χ0v) is 11.4. The van der Waals surface area contributed by atoms with Crippen LogP contribution in [0.25, 0.3) is 0 Å². The molecule has 0 heterocycles. The highest BCUT2D eigenvalue weighted by Crippen LogP contribution is 2.27. The maximum absolute atomic E-state index is 11.7. The minimum absolute atomic E-state index is 0.0374. The van der Waals surface area contributed by atoms with E-state index in [9.17, 15) is 4.79 Å². The minimum Gasteiger partial charge on any atom is -0.497 e. The summed E-state index contributed by atoms with van der Waals surface area (Å²) in [6, 6.07) is 5.18. The number of anilines is 1. The largest absolute Gasteiger partial charge is 0.497 e. The average molecular weight is 256 g/mol. The van der Waals surface area contributed by atoms with E-state index in [0.717, 1.165) is 0 Å². The van der Waals surface area contributed by atoms with Crippen LogP contribution in [0.5, 0.6) is 5.75 Å².